The molecule has 1 aliphatic rings. The van der Waals surface area contributed by atoms with Gasteiger partial charge in [0.2, 0.25) is 0 Å². The van der Waals surface area contributed by atoms with Gasteiger partial charge in [-0.3, -0.25) is 14.6 Å². The number of aliphatic hydroxyl groups is 1. The van der Waals surface area contributed by atoms with Crippen LogP contribution in [0.25, 0.3) is 5.76 Å². The average molecular weight is 458 g/mol. The lowest BCUT2D eigenvalue weighted by Gasteiger charge is -2.26. The number of aromatic nitrogens is 1. The van der Waals surface area contributed by atoms with E-state index in [1.807, 2.05) is 73.6 Å². The van der Waals surface area contributed by atoms with E-state index < -0.39 is 17.7 Å². The molecule has 7 nitrogen and oxygen atoms in total. The van der Waals surface area contributed by atoms with Gasteiger partial charge in [0.25, 0.3) is 11.7 Å². The van der Waals surface area contributed by atoms with Crippen molar-refractivity contribution >= 4 is 17.4 Å². The molecule has 1 N–H and O–H groups in total. The summed E-state index contributed by atoms with van der Waals surface area (Å²) in [6.07, 6.45) is 3.07. The number of nitrogens with zero attached hydrogens (tertiary/aromatic N) is 3. The summed E-state index contributed by atoms with van der Waals surface area (Å²) in [6.45, 7) is 1.36. The Bertz CT molecular complexity index is 1180. The van der Waals surface area contributed by atoms with Gasteiger partial charge in [-0.2, -0.15) is 0 Å². The van der Waals surface area contributed by atoms with Crippen LogP contribution >= 0.6 is 0 Å². The fraction of sp³-hybridized carbons (Fsp3) is 0.222. The lowest BCUT2D eigenvalue weighted by atomic mass is 9.95. The molecule has 0 spiro atoms. The van der Waals surface area contributed by atoms with Crippen molar-refractivity contribution in [3.05, 3.63) is 101 Å². The largest absolute Gasteiger partial charge is 0.507 e. The molecule has 1 unspecified atom stereocenters. The number of ether oxygens (including phenoxy) is 1. The second-order valence-electron chi connectivity index (χ2n) is 8.37. The Kier molecular flexibility index (Phi) is 7.04. The lowest BCUT2D eigenvalue weighted by Crippen LogP contribution is -2.35. The summed E-state index contributed by atoms with van der Waals surface area (Å²) in [7, 11) is 3.81. The van der Waals surface area contributed by atoms with Crippen LogP contribution in [0.15, 0.2) is 84.7 Å². The van der Waals surface area contributed by atoms with Crippen molar-refractivity contribution in [1.82, 2.24) is 14.8 Å². The number of Topliss-reactive ketones (excluding diaryl/α,β-unsaturated/α-hetero) is 1. The maximum atomic E-state index is 13.0. The number of hydrogen-bond donors (Lipinski definition) is 1. The van der Waals surface area contributed by atoms with Crippen LogP contribution in [0.2, 0.25) is 0 Å². The number of benzene rings is 2. The van der Waals surface area contributed by atoms with Crippen molar-refractivity contribution in [2.24, 2.45) is 0 Å². The quantitative estimate of drug-likeness (QED) is 0.316. The number of likely N-dealkylation sites (tertiary alicyclic amines) is 1. The summed E-state index contributed by atoms with van der Waals surface area (Å²) in [6, 6.07) is 19.7. The predicted molar refractivity (Wildman–Crippen MR) is 129 cm³/mol. The van der Waals surface area contributed by atoms with Crippen LogP contribution in [0.1, 0.15) is 22.7 Å². The molecule has 4 rings (SSSR count). The van der Waals surface area contributed by atoms with Crippen LogP contribution in [-0.4, -0.2) is 58.8 Å². The molecular formula is C27H27N3O4. The first-order valence-electron chi connectivity index (χ1n) is 11.1. The highest BCUT2D eigenvalue weighted by molar-refractivity contribution is 6.46. The zero-order chi connectivity index (χ0) is 24.1. The Morgan fingerprint density at radius 2 is 1.68 bits per heavy atom. The van der Waals surface area contributed by atoms with Gasteiger partial charge in [-0.15, -0.1) is 0 Å². The molecule has 1 aromatic heterocycles. The van der Waals surface area contributed by atoms with Gasteiger partial charge in [0.1, 0.15) is 18.1 Å². The molecule has 0 aliphatic carbocycles. The molecule has 1 atom stereocenters. The third-order valence-corrected chi connectivity index (χ3v) is 5.73. The van der Waals surface area contributed by atoms with Crippen molar-refractivity contribution < 1.29 is 19.4 Å². The monoisotopic (exact) mass is 457 g/mol. The van der Waals surface area contributed by atoms with Gasteiger partial charge in [-0.25, -0.2) is 0 Å². The number of amides is 1. The van der Waals surface area contributed by atoms with Gasteiger partial charge in [-0.05, 0) is 49.5 Å². The molecule has 2 heterocycles. The SMILES string of the molecule is CN(C)CCN1C(=O)C(=O)/C(=C(\O)c2ccncc2)C1c1ccc(OCc2ccccc2)cc1. The molecule has 1 saturated heterocycles. The number of likely N-dealkylation sites (N-methyl/N-ethyl adjacent to an activating group) is 1. The summed E-state index contributed by atoms with van der Waals surface area (Å²) < 4.78 is 5.88. The molecular weight excluding hydrogens is 430 g/mol. The molecule has 0 radical (unpaired) electrons. The van der Waals surface area contributed by atoms with Gasteiger partial charge in [0, 0.05) is 31.0 Å². The van der Waals surface area contributed by atoms with Gasteiger partial charge < -0.3 is 19.6 Å². The summed E-state index contributed by atoms with van der Waals surface area (Å²) >= 11 is 0. The van der Waals surface area contributed by atoms with E-state index in [9.17, 15) is 14.7 Å². The van der Waals surface area contributed by atoms with E-state index in [0.717, 1.165) is 11.1 Å². The van der Waals surface area contributed by atoms with Crippen LogP contribution in [0.3, 0.4) is 0 Å². The molecule has 2 aromatic carbocycles. The number of pyridine rings is 1. The smallest absolute Gasteiger partial charge is 0.295 e. The van der Waals surface area contributed by atoms with Gasteiger partial charge >= 0.3 is 0 Å². The van der Waals surface area contributed by atoms with E-state index in [1.165, 1.54) is 17.3 Å². The summed E-state index contributed by atoms with van der Waals surface area (Å²) in [5.41, 5.74) is 2.29. The highest BCUT2D eigenvalue weighted by Crippen LogP contribution is 2.39. The average Bonchev–Trinajstić information content (AvgIpc) is 3.12. The molecule has 1 aliphatic heterocycles. The van der Waals surface area contributed by atoms with E-state index >= 15 is 0 Å². The minimum atomic E-state index is -0.698. The Hall–Kier alpha value is -3.97. The molecule has 3 aromatic rings. The van der Waals surface area contributed by atoms with E-state index in [0.29, 0.717) is 31.0 Å². The zero-order valence-corrected chi connectivity index (χ0v) is 19.2. The first-order valence-corrected chi connectivity index (χ1v) is 11.1. The van der Waals surface area contributed by atoms with Crippen molar-refractivity contribution in [3.8, 4) is 5.75 Å². The number of rotatable bonds is 8. The van der Waals surface area contributed by atoms with Crippen molar-refractivity contribution in [2.45, 2.75) is 12.6 Å². The Morgan fingerprint density at radius 3 is 2.32 bits per heavy atom. The lowest BCUT2D eigenvalue weighted by molar-refractivity contribution is -0.140. The molecule has 34 heavy (non-hydrogen) atoms. The zero-order valence-electron chi connectivity index (χ0n) is 19.2. The van der Waals surface area contributed by atoms with E-state index in [2.05, 4.69) is 4.98 Å². The van der Waals surface area contributed by atoms with Gasteiger partial charge in [0.05, 0.1) is 11.6 Å². The summed E-state index contributed by atoms with van der Waals surface area (Å²) in [5.74, 6) is -0.844. The van der Waals surface area contributed by atoms with Crippen molar-refractivity contribution in [2.75, 3.05) is 27.2 Å². The Morgan fingerprint density at radius 1 is 1.00 bits per heavy atom. The molecule has 1 fully saturated rings. The highest BCUT2D eigenvalue weighted by Gasteiger charge is 2.45. The number of ketones is 1. The first kappa shape index (κ1) is 23.2. The molecule has 1 amide bonds. The van der Waals surface area contributed by atoms with E-state index in [-0.39, 0.29) is 11.3 Å². The second-order valence-corrected chi connectivity index (χ2v) is 8.37. The molecule has 0 saturated carbocycles. The van der Waals surface area contributed by atoms with Crippen LogP contribution in [0, 0.1) is 0 Å². The van der Waals surface area contributed by atoms with E-state index in [1.54, 1.807) is 12.1 Å². The highest BCUT2D eigenvalue weighted by atomic mass is 16.5. The van der Waals surface area contributed by atoms with E-state index in [4.69, 9.17) is 4.74 Å². The summed E-state index contributed by atoms with van der Waals surface area (Å²) in [4.78, 5) is 33.4. The number of carbonyl (C=O) groups is 2. The first-order chi connectivity index (χ1) is 16.5. The number of carbonyl (C=O) groups excluding carboxylic acids is 2. The van der Waals surface area contributed by atoms with Crippen molar-refractivity contribution in [3.63, 3.8) is 0 Å². The minimum absolute atomic E-state index is 0.0768. The van der Waals surface area contributed by atoms with Crippen LogP contribution in [-0.2, 0) is 16.2 Å². The van der Waals surface area contributed by atoms with Gasteiger partial charge in [0.15, 0.2) is 0 Å². The normalized spacial score (nSPS) is 17.4. The van der Waals surface area contributed by atoms with Crippen LogP contribution < -0.4 is 4.74 Å². The summed E-state index contributed by atoms with van der Waals surface area (Å²) in [5, 5.41) is 11.0. The maximum Gasteiger partial charge on any atom is 0.295 e. The number of hydrogen-bond acceptors (Lipinski definition) is 6. The third kappa shape index (κ3) is 5.00. The van der Waals surface area contributed by atoms with Gasteiger partial charge in [-0.1, -0.05) is 42.5 Å². The Labute approximate surface area is 198 Å². The Balaban J connectivity index is 1.66. The minimum Gasteiger partial charge on any atom is -0.507 e. The molecule has 0 bridgehead atoms. The topological polar surface area (TPSA) is 83.0 Å². The number of aliphatic hydroxyl groups excluding tert-OH is 1. The maximum absolute atomic E-state index is 13.0. The van der Waals surface area contributed by atoms with Crippen molar-refractivity contribution in [1.29, 1.82) is 0 Å². The van der Waals surface area contributed by atoms with Crippen LogP contribution in [0.4, 0.5) is 0 Å². The standard InChI is InChI=1S/C27H27N3O4/c1-29(2)16-17-30-24(23(26(32)27(30)33)25(31)21-12-14-28-15-13-21)20-8-10-22(11-9-20)34-18-19-6-4-3-5-7-19/h3-15,24,31H,16-18H2,1-2H3/b25-23-. The fourth-order valence-electron chi connectivity index (χ4n) is 3.92. The second kappa shape index (κ2) is 10.3. The third-order valence-electron chi connectivity index (χ3n) is 5.73. The molecule has 174 valence electrons. The predicted octanol–water partition coefficient (Wildman–Crippen LogP) is 3.64. The fourth-order valence-corrected chi connectivity index (χ4v) is 3.92. The van der Waals surface area contributed by atoms with Crippen LogP contribution in [0.5, 0.6) is 5.75 Å². The molecule has 7 heteroatoms.